The summed E-state index contributed by atoms with van der Waals surface area (Å²) in [5.74, 6) is -0.788. The Morgan fingerprint density at radius 1 is 1.47 bits per heavy atom. The number of hydrogen-bond acceptors (Lipinski definition) is 4. The van der Waals surface area contributed by atoms with Crippen LogP contribution in [0.5, 0.6) is 0 Å². The lowest BCUT2D eigenvalue weighted by Gasteiger charge is -2.27. The summed E-state index contributed by atoms with van der Waals surface area (Å²) in [6, 6.07) is -0.431. The van der Waals surface area contributed by atoms with Crippen LogP contribution >= 0.6 is 0 Å². The van der Waals surface area contributed by atoms with Crippen LogP contribution in [-0.4, -0.2) is 27.1 Å². The van der Waals surface area contributed by atoms with Crippen LogP contribution in [0.4, 0.5) is 0 Å². The van der Waals surface area contributed by atoms with Gasteiger partial charge in [-0.1, -0.05) is 0 Å². The Morgan fingerprint density at radius 2 is 2.33 bits per heavy atom. The normalized spacial score (nSPS) is 26.1. The first-order chi connectivity index (χ1) is 7.27. The fraction of sp³-hybridized carbons (Fsp3) is 0.500. The summed E-state index contributed by atoms with van der Waals surface area (Å²) in [6.45, 7) is 0. The molecule has 1 aromatic heterocycles. The zero-order valence-corrected chi connectivity index (χ0v) is 8.26. The predicted molar refractivity (Wildman–Crippen MR) is 53.2 cm³/mol. The molecule has 0 spiro atoms. The summed E-state index contributed by atoms with van der Waals surface area (Å²) in [4.78, 5) is 19.0. The van der Waals surface area contributed by atoms with Crippen molar-refractivity contribution in [1.29, 1.82) is 0 Å². The number of carbonyl (C=O) groups is 1. The molecule has 2 unspecified atom stereocenters. The number of aliphatic carboxylic acids is 1. The lowest BCUT2D eigenvalue weighted by molar-refractivity contribution is -0.140. The highest BCUT2D eigenvalue weighted by Gasteiger charge is 2.27. The molecule has 5 heteroatoms. The van der Waals surface area contributed by atoms with Gasteiger partial charge in [-0.2, -0.15) is 0 Å². The Balaban J connectivity index is 2.08. The number of carboxylic acid groups (broad SMARTS) is 1. The maximum atomic E-state index is 10.8. The lowest BCUT2D eigenvalue weighted by Crippen LogP contribution is -2.42. The van der Waals surface area contributed by atoms with Crippen LogP contribution in [0.15, 0.2) is 18.6 Å². The maximum absolute atomic E-state index is 10.8. The van der Waals surface area contributed by atoms with Gasteiger partial charge in [0.2, 0.25) is 0 Å². The van der Waals surface area contributed by atoms with Crippen molar-refractivity contribution in [2.45, 2.75) is 31.3 Å². The van der Waals surface area contributed by atoms with Gasteiger partial charge in [0, 0.05) is 18.6 Å². The standard InChI is InChI=1S/C10H13N3O2/c14-10(15)8-3-1-2-7(13-8)9-6-11-4-5-12-9/h4-8,13H,1-3H2,(H,14,15). The summed E-state index contributed by atoms with van der Waals surface area (Å²) < 4.78 is 0. The Morgan fingerprint density at radius 3 is 3.00 bits per heavy atom. The molecule has 0 bridgehead atoms. The fourth-order valence-electron chi connectivity index (χ4n) is 1.85. The van der Waals surface area contributed by atoms with Crippen LogP contribution < -0.4 is 5.32 Å². The third-order valence-electron chi connectivity index (χ3n) is 2.63. The highest BCUT2D eigenvalue weighted by molar-refractivity contribution is 5.73. The molecule has 2 atom stereocenters. The van der Waals surface area contributed by atoms with Crippen molar-refractivity contribution < 1.29 is 9.90 Å². The fourth-order valence-corrected chi connectivity index (χ4v) is 1.85. The third kappa shape index (κ3) is 2.30. The molecule has 0 radical (unpaired) electrons. The van der Waals surface area contributed by atoms with Crippen molar-refractivity contribution in [3.8, 4) is 0 Å². The zero-order chi connectivity index (χ0) is 10.7. The van der Waals surface area contributed by atoms with E-state index in [0.717, 1.165) is 18.5 Å². The van der Waals surface area contributed by atoms with Crippen molar-refractivity contribution in [1.82, 2.24) is 15.3 Å². The van der Waals surface area contributed by atoms with Crippen LogP contribution in [0.3, 0.4) is 0 Å². The zero-order valence-electron chi connectivity index (χ0n) is 8.26. The van der Waals surface area contributed by atoms with Gasteiger partial charge in [0.15, 0.2) is 0 Å². The van der Waals surface area contributed by atoms with Gasteiger partial charge in [-0.3, -0.25) is 20.1 Å². The summed E-state index contributed by atoms with van der Waals surface area (Å²) in [5.41, 5.74) is 0.823. The Labute approximate surface area is 87.6 Å². The molecule has 2 heterocycles. The summed E-state index contributed by atoms with van der Waals surface area (Å²) >= 11 is 0. The second kappa shape index (κ2) is 4.35. The van der Waals surface area contributed by atoms with E-state index in [1.54, 1.807) is 18.6 Å². The van der Waals surface area contributed by atoms with Crippen molar-refractivity contribution in [3.05, 3.63) is 24.3 Å². The SMILES string of the molecule is O=C(O)C1CCCC(c2cnccn2)N1. The number of nitrogens with zero attached hydrogens (tertiary/aromatic N) is 2. The van der Waals surface area contributed by atoms with Crippen molar-refractivity contribution in [2.24, 2.45) is 0 Å². The number of carboxylic acids is 1. The van der Waals surface area contributed by atoms with Crippen molar-refractivity contribution in [2.75, 3.05) is 0 Å². The van der Waals surface area contributed by atoms with Gasteiger partial charge in [-0.15, -0.1) is 0 Å². The highest BCUT2D eigenvalue weighted by Crippen LogP contribution is 2.23. The number of nitrogens with one attached hydrogen (secondary N) is 1. The van der Waals surface area contributed by atoms with Crippen LogP contribution in [0, 0.1) is 0 Å². The van der Waals surface area contributed by atoms with Gasteiger partial charge < -0.3 is 5.11 Å². The Kier molecular flexibility index (Phi) is 2.91. The third-order valence-corrected chi connectivity index (χ3v) is 2.63. The number of piperidine rings is 1. The van der Waals surface area contributed by atoms with E-state index >= 15 is 0 Å². The first-order valence-electron chi connectivity index (χ1n) is 5.02. The van der Waals surface area contributed by atoms with E-state index in [4.69, 9.17) is 5.11 Å². The molecule has 0 aromatic carbocycles. The van der Waals surface area contributed by atoms with Gasteiger partial charge in [0.1, 0.15) is 6.04 Å². The van der Waals surface area contributed by atoms with Gasteiger partial charge in [-0.25, -0.2) is 0 Å². The second-order valence-corrected chi connectivity index (χ2v) is 3.67. The minimum Gasteiger partial charge on any atom is -0.480 e. The van der Waals surface area contributed by atoms with Gasteiger partial charge in [0.05, 0.1) is 11.7 Å². The van der Waals surface area contributed by atoms with Crippen LogP contribution in [0.2, 0.25) is 0 Å². The van der Waals surface area contributed by atoms with Crippen molar-refractivity contribution in [3.63, 3.8) is 0 Å². The van der Waals surface area contributed by atoms with E-state index in [2.05, 4.69) is 15.3 Å². The molecular weight excluding hydrogens is 194 g/mol. The molecule has 15 heavy (non-hydrogen) atoms. The topological polar surface area (TPSA) is 75.1 Å². The average Bonchev–Trinajstić information content (AvgIpc) is 2.30. The van der Waals surface area contributed by atoms with Gasteiger partial charge in [-0.05, 0) is 19.3 Å². The molecule has 0 aliphatic carbocycles. The minimum atomic E-state index is -0.788. The molecular formula is C10H13N3O2. The molecule has 1 fully saturated rings. The highest BCUT2D eigenvalue weighted by atomic mass is 16.4. The molecule has 5 nitrogen and oxygen atoms in total. The molecule has 0 amide bonds. The monoisotopic (exact) mass is 207 g/mol. The van der Waals surface area contributed by atoms with E-state index in [1.165, 1.54) is 0 Å². The van der Waals surface area contributed by atoms with E-state index in [9.17, 15) is 4.79 Å². The number of hydrogen-bond donors (Lipinski definition) is 2. The van der Waals surface area contributed by atoms with Crippen molar-refractivity contribution >= 4 is 5.97 Å². The summed E-state index contributed by atoms with van der Waals surface area (Å²) in [5, 5.41) is 12.0. The van der Waals surface area contributed by atoms with E-state index in [-0.39, 0.29) is 6.04 Å². The van der Waals surface area contributed by atoms with E-state index in [0.29, 0.717) is 6.42 Å². The first kappa shape index (κ1) is 10.0. The lowest BCUT2D eigenvalue weighted by atomic mass is 9.97. The molecule has 80 valence electrons. The predicted octanol–water partition coefficient (Wildman–Crippen LogP) is 0.744. The smallest absolute Gasteiger partial charge is 0.320 e. The molecule has 2 rings (SSSR count). The van der Waals surface area contributed by atoms with Crippen LogP contribution in [0.25, 0.3) is 0 Å². The van der Waals surface area contributed by atoms with Gasteiger partial charge in [0.25, 0.3) is 0 Å². The largest absolute Gasteiger partial charge is 0.480 e. The van der Waals surface area contributed by atoms with Crippen LogP contribution in [0.1, 0.15) is 31.0 Å². The van der Waals surface area contributed by atoms with E-state index < -0.39 is 12.0 Å². The quantitative estimate of drug-likeness (QED) is 0.748. The number of aromatic nitrogens is 2. The van der Waals surface area contributed by atoms with Crippen LogP contribution in [-0.2, 0) is 4.79 Å². The minimum absolute atomic E-state index is 0.0218. The molecule has 1 aliphatic heterocycles. The molecule has 1 saturated heterocycles. The van der Waals surface area contributed by atoms with Gasteiger partial charge >= 0.3 is 5.97 Å². The van der Waals surface area contributed by atoms with E-state index in [1.807, 2.05) is 0 Å². The molecule has 0 saturated carbocycles. The Hall–Kier alpha value is -1.49. The molecule has 2 N–H and O–H groups in total. The summed E-state index contributed by atoms with van der Waals surface area (Å²) in [7, 11) is 0. The maximum Gasteiger partial charge on any atom is 0.320 e. The Bertz CT molecular complexity index is 342. The average molecular weight is 207 g/mol. The first-order valence-corrected chi connectivity index (χ1v) is 5.02. The summed E-state index contributed by atoms with van der Waals surface area (Å²) in [6.07, 6.45) is 7.43. The molecule has 1 aromatic rings. The number of rotatable bonds is 2. The molecule has 1 aliphatic rings. The second-order valence-electron chi connectivity index (χ2n) is 3.67.